The molecule has 0 atom stereocenters. The zero-order valence-corrected chi connectivity index (χ0v) is 18.9. The smallest absolute Gasteiger partial charge is 0.328 e. The SMILES string of the molecule is O=c1[nH]c2ccc([N+](=O)[O-])cc2c(=O)n1CCN1CCC(C2(c3ccc(F)cc3)OCCO2)CC1. The Morgan fingerprint density at radius 1 is 1.06 bits per heavy atom. The Kier molecular flexibility index (Phi) is 6.22. The number of ether oxygens (including phenoxy) is 2. The molecule has 184 valence electrons. The van der Waals surface area contributed by atoms with Crippen LogP contribution in [0.4, 0.5) is 10.1 Å². The van der Waals surface area contributed by atoms with Gasteiger partial charge in [0.25, 0.3) is 11.2 Å². The van der Waals surface area contributed by atoms with Crippen LogP contribution in [0, 0.1) is 21.8 Å². The van der Waals surface area contributed by atoms with E-state index in [0.717, 1.165) is 23.0 Å². The average Bonchev–Trinajstić information content (AvgIpc) is 3.35. The second kappa shape index (κ2) is 9.33. The lowest BCUT2D eigenvalue weighted by atomic mass is 9.84. The van der Waals surface area contributed by atoms with Crippen LogP contribution in [0.2, 0.25) is 0 Å². The number of piperidine rings is 1. The van der Waals surface area contributed by atoms with Crippen molar-refractivity contribution in [2.24, 2.45) is 5.92 Å². The summed E-state index contributed by atoms with van der Waals surface area (Å²) in [6.07, 6.45) is 1.54. The van der Waals surface area contributed by atoms with Crippen LogP contribution in [-0.2, 0) is 21.8 Å². The van der Waals surface area contributed by atoms with E-state index in [2.05, 4.69) is 9.88 Å². The van der Waals surface area contributed by atoms with Crippen LogP contribution in [0.15, 0.2) is 52.1 Å². The summed E-state index contributed by atoms with van der Waals surface area (Å²) in [5.41, 5.74) is -0.232. The van der Waals surface area contributed by atoms with E-state index in [1.807, 2.05) is 0 Å². The predicted molar refractivity (Wildman–Crippen MR) is 125 cm³/mol. The monoisotopic (exact) mass is 484 g/mol. The number of rotatable bonds is 6. The van der Waals surface area contributed by atoms with Gasteiger partial charge in [-0.2, -0.15) is 0 Å². The lowest BCUT2D eigenvalue weighted by Gasteiger charge is -2.41. The number of aromatic amines is 1. The van der Waals surface area contributed by atoms with Gasteiger partial charge in [0.15, 0.2) is 5.79 Å². The van der Waals surface area contributed by atoms with Crippen molar-refractivity contribution in [3.05, 3.63) is 84.8 Å². The quantitative estimate of drug-likeness (QED) is 0.421. The number of nitrogens with zero attached hydrogens (tertiary/aromatic N) is 3. The summed E-state index contributed by atoms with van der Waals surface area (Å²) < 4.78 is 26.7. The number of nitro groups is 1. The highest BCUT2D eigenvalue weighted by Gasteiger charge is 2.46. The first-order chi connectivity index (χ1) is 16.9. The van der Waals surface area contributed by atoms with Crippen LogP contribution in [0.3, 0.4) is 0 Å². The van der Waals surface area contributed by atoms with Crippen LogP contribution in [0.5, 0.6) is 0 Å². The number of likely N-dealkylation sites (tertiary alicyclic amines) is 1. The van der Waals surface area contributed by atoms with Crippen LogP contribution >= 0.6 is 0 Å². The molecule has 2 aromatic carbocycles. The zero-order chi connectivity index (χ0) is 24.6. The molecule has 0 aliphatic carbocycles. The van der Waals surface area contributed by atoms with Crippen molar-refractivity contribution in [1.82, 2.24) is 14.5 Å². The fourth-order valence-electron chi connectivity index (χ4n) is 5.08. The number of benzene rings is 2. The topological polar surface area (TPSA) is 120 Å². The molecule has 0 radical (unpaired) electrons. The number of nitro benzene ring substituents is 1. The third-order valence-corrected chi connectivity index (χ3v) is 6.90. The molecule has 3 heterocycles. The van der Waals surface area contributed by atoms with Crippen molar-refractivity contribution in [2.45, 2.75) is 25.2 Å². The molecule has 11 heteroatoms. The summed E-state index contributed by atoms with van der Waals surface area (Å²) in [4.78, 5) is 40.7. The van der Waals surface area contributed by atoms with Crippen molar-refractivity contribution in [3.8, 4) is 0 Å². The highest BCUT2D eigenvalue weighted by Crippen LogP contribution is 2.43. The van der Waals surface area contributed by atoms with Gasteiger partial charge in [-0.25, -0.2) is 9.18 Å². The number of aromatic nitrogens is 2. The summed E-state index contributed by atoms with van der Waals surface area (Å²) in [6, 6.07) is 10.0. The Balaban J connectivity index is 1.28. The van der Waals surface area contributed by atoms with Gasteiger partial charge in [-0.3, -0.25) is 19.5 Å². The Morgan fingerprint density at radius 3 is 2.40 bits per heavy atom. The molecule has 3 aromatic rings. The molecule has 35 heavy (non-hydrogen) atoms. The summed E-state index contributed by atoms with van der Waals surface area (Å²) >= 11 is 0. The third-order valence-electron chi connectivity index (χ3n) is 6.90. The Morgan fingerprint density at radius 2 is 1.74 bits per heavy atom. The number of fused-ring (bicyclic) bond motifs is 1. The van der Waals surface area contributed by atoms with E-state index in [1.54, 1.807) is 12.1 Å². The highest BCUT2D eigenvalue weighted by atomic mass is 19.1. The molecular weight excluding hydrogens is 459 g/mol. The molecule has 2 fully saturated rings. The van der Waals surface area contributed by atoms with Crippen molar-refractivity contribution in [2.75, 3.05) is 32.8 Å². The first-order valence-electron chi connectivity index (χ1n) is 11.5. The molecule has 0 amide bonds. The van der Waals surface area contributed by atoms with Gasteiger partial charge >= 0.3 is 5.69 Å². The van der Waals surface area contributed by atoms with E-state index in [-0.39, 0.29) is 34.9 Å². The predicted octanol–water partition coefficient (Wildman–Crippen LogP) is 2.35. The number of nitrogens with one attached hydrogen (secondary N) is 1. The van der Waals surface area contributed by atoms with Crippen LogP contribution in [-0.4, -0.2) is 52.2 Å². The van der Waals surface area contributed by atoms with Gasteiger partial charge < -0.3 is 19.4 Å². The van der Waals surface area contributed by atoms with Crippen LogP contribution in [0.1, 0.15) is 18.4 Å². The molecule has 0 unspecified atom stereocenters. The first-order valence-corrected chi connectivity index (χ1v) is 11.5. The van der Waals surface area contributed by atoms with Crippen molar-refractivity contribution >= 4 is 16.6 Å². The van der Waals surface area contributed by atoms with Crippen LogP contribution < -0.4 is 11.2 Å². The summed E-state index contributed by atoms with van der Waals surface area (Å²) in [7, 11) is 0. The van der Waals surface area contributed by atoms with Gasteiger partial charge in [0.1, 0.15) is 5.82 Å². The molecular formula is C24H25FN4O6. The Bertz CT molecular complexity index is 1360. The normalized spacial score (nSPS) is 18.8. The lowest BCUT2D eigenvalue weighted by molar-refractivity contribution is -0.384. The van der Waals surface area contributed by atoms with E-state index < -0.39 is 22.0 Å². The number of H-pyrrole nitrogens is 1. The minimum absolute atomic E-state index is 0.0825. The molecule has 2 aliphatic rings. The average molecular weight is 484 g/mol. The summed E-state index contributed by atoms with van der Waals surface area (Å²) in [6.45, 7) is 3.01. The molecule has 5 rings (SSSR count). The molecule has 2 saturated heterocycles. The lowest BCUT2D eigenvalue weighted by Crippen LogP contribution is -2.46. The molecule has 1 N–H and O–H groups in total. The highest BCUT2D eigenvalue weighted by molar-refractivity contribution is 5.79. The number of halogens is 1. The standard InChI is InChI=1S/C24H25FN4O6/c25-18-3-1-16(2-4-18)24(34-13-14-35-24)17-7-9-27(10-8-17)11-12-28-22(30)20-15-19(29(32)33)5-6-21(20)26-23(28)31/h1-6,15,17H,7-14H2,(H,26,31). The fraction of sp³-hybridized carbons (Fsp3) is 0.417. The maximum Gasteiger partial charge on any atom is 0.328 e. The first kappa shape index (κ1) is 23.3. The van der Waals surface area contributed by atoms with E-state index in [1.165, 1.54) is 30.3 Å². The fourth-order valence-corrected chi connectivity index (χ4v) is 5.08. The Labute approximate surface area is 199 Å². The van der Waals surface area contributed by atoms with E-state index >= 15 is 0 Å². The largest absolute Gasteiger partial charge is 0.343 e. The molecule has 1 aromatic heterocycles. The van der Waals surface area contributed by atoms with Gasteiger partial charge in [-0.05, 0) is 44.1 Å². The van der Waals surface area contributed by atoms with Gasteiger partial charge in [-0.1, -0.05) is 12.1 Å². The number of hydrogen-bond donors (Lipinski definition) is 1. The third kappa shape index (κ3) is 4.38. The maximum absolute atomic E-state index is 13.4. The second-order valence-electron chi connectivity index (χ2n) is 8.86. The summed E-state index contributed by atoms with van der Waals surface area (Å²) in [5.74, 6) is -1.12. The van der Waals surface area contributed by atoms with Gasteiger partial charge in [0, 0.05) is 36.7 Å². The minimum atomic E-state index is -0.888. The molecule has 2 aliphatic heterocycles. The van der Waals surface area contributed by atoms with E-state index in [0.29, 0.717) is 32.8 Å². The van der Waals surface area contributed by atoms with Gasteiger partial charge in [0.2, 0.25) is 0 Å². The molecule has 0 spiro atoms. The zero-order valence-electron chi connectivity index (χ0n) is 18.9. The minimum Gasteiger partial charge on any atom is -0.343 e. The molecule has 0 saturated carbocycles. The maximum atomic E-state index is 13.4. The van der Waals surface area contributed by atoms with Crippen LogP contribution in [0.25, 0.3) is 10.9 Å². The van der Waals surface area contributed by atoms with Crippen molar-refractivity contribution in [1.29, 1.82) is 0 Å². The van der Waals surface area contributed by atoms with Crippen molar-refractivity contribution in [3.63, 3.8) is 0 Å². The molecule has 10 nitrogen and oxygen atoms in total. The van der Waals surface area contributed by atoms with E-state index in [9.17, 15) is 24.1 Å². The van der Waals surface area contributed by atoms with Gasteiger partial charge in [-0.15, -0.1) is 0 Å². The number of hydrogen-bond acceptors (Lipinski definition) is 7. The van der Waals surface area contributed by atoms with Crippen molar-refractivity contribution < 1.29 is 18.8 Å². The molecule has 0 bridgehead atoms. The number of non-ortho nitro benzene ring substituents is 1. The van der Waals surface area contributed by atoms with E-state index in [4.69, 9.17) is 9.47 Å². The van der Waals surface area contributed by atoms with Gasteiger partial charge in [0.05, 0.1) is 29.0 Å². The second-order valence-corrected chi connectivity index (χ2v) is 8.86. The Hall–Kier alpha value is -3.41. The summed E-state index contributed by atoms with van der Waals surface area (Å²) in [5, 5.41) is 11.2.